The molecule has 3 aromatic heterocycles. The minimum absolute atomic E-state index is 0.169. The zero-order valence-electron chi connectivity index (χ0n) is 17.0. The highest BCUT2D eigenvalue weighted by Gasteiger charge is 2.33. The molecule has 4 aromatic rings. The summed E-state index contributed by atoms with van der Waals surface area (Å²) in [4.78, 5) is 4.14. The second kappa shape index (κ2) is 3.52. The van der Waals surface area contributed by atoms with Gasteiger partial charge in [-0.05, 0) is 17.7 Å². The Morgan fingerprint density at radius 2 is 2.24 bits per heavy atom. The fourth-order valence-corrected chi connectivity index (χ4v) is 3.37. The summed E-state index contributed by atoms with van der Waals surface area (Å²) in [5.74, 6) is 0.499. The molecule has 0 atom stereocenters. The number of fused-ring (bicyclic) bond motifs is 7. The van der Waals surface area contributed by atoms with E-state index in [-0.39, 0.29) is 5.65 Å². The number of aromatic nitrogens is 4. The van der Waals surface area contributed by atoms with Gasteiger partial charge in [0.15, 0.2) is 5.52 Å². The van der Waals surface area contributed by atoms with Crippen molar-refractivity contribution in [3.63, 3.8) is 0 Å². The van der Waals surface area contributed by atoms with Crippen LogP contribution >= 0.6 is 0 Å². The standard InChI is InChI=1S/C17H15N4/c1-19-14-7-8-18-9-13(14)15-17(19)20(2)16-12-6-4-3-5-11(12)10-21(15)16/h3-9H,10H2,1-2H3/q+1/i1D3,2D3. The summed E-state index contributed by atoms with van der Waals surface area (Å²) in [7, 11) is 0. The van der Waals surface area contributed by atoms with Crippen molar-refractivity contribution in [1.29, 1.82) is 0 Å². The molecular weight excluding hydrogens is 260 g/mol. The van der Waals surface area contributed by atoms with Crippen LogP contribution in [0.1, 0.15) is 13.8 Å². The van der Waals surface area contributed by atoms with Crippen molar-refractivity contribution in [1.82, 2.24) is 14.1 Å². The van der Waals surface area contributed by atoms with E-state index in [0.29, 0.717) is 28.8 Å². The van der Waals surface area contributed by atoms with Gasteiger partial charge in [0.25, 0.3) is 5.65 Å². The van der Waals surface area contributed by atoms with Gasteiger partial charge in [-0.2, -0.15) is 0 Å². The fourth-order valence-electron chi connectivity index (χ4n) is 3.37. The molecule has 21 heavy (non-hydrogen) atoms. The predicted molar refractivity (Wildman–Crippen MR) is 81.9 cm³/mol. The van der Waals surface area contributed by atoms with Crippen LogP contribution in [0.2, 0.25) is 0 Å². The SMILES string of the molecule is [2H]C([2H])([2H])n1c2ccncc2c2c1[n+](C([2H])([2H])[2H])c1n2Cc2ccccc2-1. The minimum Gasteiger partial charge on any atom is -0.264 e. The Bertz CT molecular complexity index is 1230. The highest BCUT2D eigenvalue weighted by Crippen LogP contribution is 2.36. The lowest BCUT2D eigenvalue weighted by Gasteiger charge is -1.98. The Balaban J connectivity index is 2.07. The van der Waals surface area contributed by atoms with Gasteiger partial charge < -0.3 is 0 Å². The van der Waals surface area contributed by atoms with Crippen LogP contribution in [-0.2, 0) is 20.5 Å². The largest absolute Gasteiger partial charge is 0.269 e. The molecule has 4 heteroatoms. The maximum atomic E-state index is 8.13. The molecule has 0 radical (unpaired) electrons. The monoisotopic (exact) mass is 281 g/mol. The number of nitrogens with zero attached hydrogens (tertiary/aromatic N) is 4. The Kier molecular flexibility index (Phi) is 1.16. The number of rotatable bonds is 0. The summed E-state index contributed by atoms with van der Waals surface area (Å²) >= 11 is 0. The summed E-state index contributed by atoms with van der Waals surface area (Å²) in [5.41, 5.74) is 3.00. The van der Waals surface area contributed by atoms with Gasteiger partial charge in [-0.1, -0.05) is 18.2 Å². The predicted octanol–water partition coefficient (Wildman–Crippen LogP) is 2.38. The Hall–Kier alpha value is -2.62. The average molecular weight is 281 g/mol. The maximum Gasteiger partial charge on any atom is 0.269 e. The first kappa shape index (κ1) is 6.89. The number of aryl methyl sites for hydroxylation is 2. The number of imidazole rings is 1. The molecule has 1 aliphatic rings. The summed E-state index contributed by atoms with van der Waals surface area (Å²) in [6.07, 6.45) is 3.11. The molecular formula is C17H15N4+. The lowest BCUT2D eigenvalue weighted by atomic mass is 10.1. The molecule has 0 aliphatic carbocycles. The first-order chi connectivity index (χ1) is 12.7. The fraction of sp³-hybridized carbons (Fsp3) is 0.176. The summed E-state index contributed by atoms with van der Waals surface area (Å²) < 4.78 is 52.7. The third-order valence-corrected chi connectivity index (χ3v) is 4.25. The van der Waals surface area contributed by atoms with Gasteiger partial charge in [-0.25, -0.2) is 9.13 Å². The van der Waals surface area contributed by atoms with Crippen LogP contribution in [0.5, 0.6) is 0 Å². The van der Waals surface area contributed by atoms with Crippen LogP contribution in [0.15, 0.2) is 42.7 Å². The van der Waals surface area contributed by atoms with E-state index < -0.39 is 14.0 Å². The summed E-state index contributed by atoms with van der Waals surface area (Å²) in [6, 6.07) is 9.21. The van der Waals surface area contributed by atoms with Gasteiger partial charge in [0.05, 0.1) is 39.7 Å². The first-order valence-electron chi connectivity index (χ1n) is 9.71. The normalized spacial score (nSPS) is 18.5. The smallest absolute Gasteiger partial charge is 0.264 e. The molecule has 0 fully saturated rings. The minimum atomic E-state index is -2.54. The molecule has 0 spiro atoms. The average Bonchev–Trinajstić information content (AvgIpc) is 3.18. The third-order valence-electron chi connectivity index (χ3n) is 4.25. The second-order valence-corrected chi connectivity index (χ2v) is 5.30. The maximum absolute atomic E-state index is 8.13. The van der Waals surface area contributed by atoms with Gasteiger partial charge in [0.1, 0.15) is 5.52 Å². The number of hydrogen-bond acceptors (Lipinski definition) is 1. The van der Waals surface area contributed by atoms with Gasteiger partial charge in [0.2, 0.25) is 5.82 Å². The van der Waals surface area contributed by atoms with Crippen LogP contribution in [0.4, 0.5) is 0 Å². The van der Waals surface area contributed by atoms with E-state index in [4.69, 9.17) is 8.22 Å². The van der Waals surface area contributed by atoms with Crippen molar-refractivity contribution >= 4 is 22.1 Å². The topological polar surface area (TPSA) is 26.6 Å². The Labute approximate surface area is 130 Å². The molecule has 0 unspecified atom stereocenters. The molecule has 0 N–H and O–H groups in total. The zero-order chi connectivity index (χ0) is 19.1. The van der Waals surface area contributed by atoms with Crippen LogP contribution in [0.25, 0.3) is 33.5 Å². The van der Waals surface area contributed by atoms with Crippen molar-refractivity contribution in [2.24, 2.45) is 14.0 Å². The van der Waals surface area contributed by atoms with Gasteiger partial charge in [-0.15, -0.1) is 0 Å². The van der Waals surface area contributed by atoms with E-state index in [1.54, 1.807) is 12.3 Å². The number of hydrogen-bond donors (Lipinski definition) is 0. The molecule has 1 aliphatic heterocycles. The Morgan fingerprint density at radius 3 is 3.14 bits per heavy atom. The van der Waals surface area contributed by atoms with Crippen molar-refractivity contribution in [2.75, 3.05) is 0 Å². The molecule has 1 aromatic carbocycles. The van der Waals surface area contributed by atoms with E-state index in [9.17, 15) is 0 Å². The van der Waals surface area contributed by atoms with E-state index >= 15 is 0 Å². The second-order valence-electron chi connectivity index (χ2n) is 5.30. The molecule has 5 rings (SSSR count). The highest BCUT2D eigenvalue weighted by molar-refractivity contribution is 6.04. The Morgan fingerprint density at radius 1 is 1.29 bits per heavy atom. The zero-order valence-corrected chi connectivity index (χ0v) is 11.0. The lowest BCUT2D eigenvalue weighted by molar-refractivity contribution is -0.636. The van der Waals surface area contributed by atoms with Gasteiger partial charge in [-0.3, -0.25) is 9.55 Å². The highest BCUT2D eigenvalue weighted by atomic mass is 15.2. The molecule has 4 heterocycles. The van der Waals surface area contributed by atoms with Crippen LogP contribution < -0.4 is 4.57 Å². The van der Waals surface area contributed by atoms with Crippen molar-refractivity contribution in [3.8, 4) is 11.4 Å². The summed E-state index contributed by atoms with van der Waals surface area (Å²) in [6.45, 7) is -4.59. The molecule has 102 valence electrons. The molecule has 4 nitrogen and oxygen atoms in total. The van der Waals surface area contributed by atoms with Crippen molar-refractivity contribution < 1.29 is 12.8 Å². The first-order valence-corrected chi connectivity index (χ1v) is 6.71. The van der Waals surface area contributed by atoms with Crippen LogP contribution in [0, 0.1) is 0 Å². The molecule has 0 saturated carbocycles. The van der Waals surface area contributed by atoms with Crippen molar-refractivity contribution in [3.05, 3.63) is 48.3 Å². The van der Waals surface area contributed by atoms with Crippen LogP contribution in [-0.4, -0.2) is 14.1 Å². The lowest BCUT2D eigenvalue weighted by Crippen LogP contribution is -2.31. The summed E-state index contributed by atoms with van der Waals surface area (Å²) in [5, 5.41) is 0.626. The van der Waals surface area contributed by atoms with E-state index in [1.165, 1.54) is 10.8 Å². The van der Waals surface area contributed by atoms with E-state index in [2.05, 4.69) is 4.98 Å². The van der Waals surface area contributed by atoms with Gasteiger partial charge >= 0.3 is 0 Å². The number of pyridine rings is 1. The number of benzene rings is 1. The van der Waals surface area contributed by atoms with E-state index in [0.717, 1.165) is 15.7 Å². The van der Waals surface area contributed by atoms with Crippen molar-refractivity contribution in [2.45, 2.75) is 6.54 Å². The molecule has 0 amide bonds. The van der Waals surface area contributed by atoms with Crippen LogP contribution in [0.3, 0.4) is 0 Å². The van der Waals surface area contributed by atoms with Gasteiger partial charge in [0, 0.05) is 12.4 Å². The molecule has 0 bridgehead atoms. The third kappa shape index (κ3) is 1.17. The molecule has 0 saturated heterocycles. The van der Waals surface area contributed by atoms with E-state index in [1.807, 2.05) is 28.8 Å². The quantitative estimate of drug-likeness (QED) is 0.400.